The number of nitrogens with one attached hydrogen (secondary N) is 2. The van der Waals surface area contributed by atoms with Crippen LogP contribution in [0.3, 0.4) is 0 Å². The van der Waals surface area contributed by atoms with Crippen LogP contribution in [0.5, 0.6) is 0 Å². The Hall–Kier alpha value is -0.910. The lowest BCUT2D eigenvalue weighted by molar-refractivity contribution is 0.545. The van der Waals surface area contributed by atoms with Crippen molar-refractivity contribution in [1.82, 2.24) is 10.0 Å². The van der Waals surface area contributed by atoms with Gasteiger partial charge in [0.2, 0.25) is 10.0 Å². The Morgan fingerprint density at radius 3 is 2.50 bits per heavy atom. The van der Waals surface area contributed by atoms with Gasteiger partial charge in [-0.15, -0.1) is 0 Å². The van der Waals surface area contributed by atoms with Crippen molar-refractivity contribution in [3.63, 3.8) is 0 Å². The van der Waals surface area contributed by atoms with Crippen molar-refractivity contribution in [2.24, 2.45) is 0 Å². The van der Waals surface area contributed by atoms with Crippen LogP contribution in [0.2, 0.25) is 0 Å². The smallest absolute Gasteiger partial charge is 0.213 e. The Morgan fingerprint density at radius 2 is 1.89 bits per heavy atom. The van der Waals surface area contributed by atoms with Crippen LogP contribution in [0.25, 0.3) is 0 Å². The number of aryl methyl sites for hydroxylation is 1. The molecule has 0 saturated heterocycles. The summed E-state index contributed by atoms with van der Waals surface area (Å²) in [5.41, 5.74) is 1.23. The van der Waals surface area contributed by atoms with Gasteiger partial charge in [0, 0.05) is 12.6 Å². The molecule has 1 unspecified atom stereocenters. The lowest BCUT2D eigenvalue weighted by Gasteiger charge is -2.14. The van der Waals surface area contributed by atoms with E-state index < -0.39 is 10.0 Å². The zero-order chi connectivity index (χ0) is 13.4. The lowest BCUT2D eigenvalue weighted by atomic mass is 10.1. The number of rotatable bonds is 8. The zero-order valence-electron chi connectivity index (χ0n) is 11.0. The fourth-order valence-corrected chi connectivity index (χ4v) is 3.01. The maximum Gasteiger partial charge on any atom is 0.213 e. The van der Waals surface area contributed by atoms with E-state index in [1.165, 1.54) is 5.56 Å². The molecule has 0 radical (unpaired) electrons. The van der Waals surface area contributed by atoms with Gasteiger partial charge < -0.3 is 5.32 Å². The summed E-state index contributed by atoms with van der Waals surface area (Å²) in [6.07, 6.45) is 1.69. The highest BCUT2D eigenvalue weighted by molar-refractivity contribution is 7.89. The van der Waals surface area contributed by atoms with Crippen molar-refractivity contribution in [1.29, 1.82) is 0 Å². The minimum atomic E-state index is -3.16. The Labute approximate surface area is 110 Å². The van der Waals surface area contributed by atoms with Gasteiger partial charge in [0.15, 0.2) is 0 Å². The second-order valence-electron chi connectivity index (χ2n) is 4.47. The summed E-state index contributed by atoms with van der Waals surface area (Å²) in [6.45, 7) is 2.38. The molecule has 2 N–H and O–H groups in total. The number of sulfonamides is 1. The normalized spacial score (nSPS) is 13.4. The average molecular weight is 270 g/mol. The highest BCUT2D eigenvalue weighted by Gasteiger charge is 2.13. The van der Waals surface area contributed by atoms with Gasteiger partial charge in [0.05, 0.1) is 5.75 Å². The Kier molecular flexibility index (Phi) is 6.32. The number of benzene rings is 1. The molecule has 4 nitrogen and oxygen atoms in total. The topological polar surface area (TPSA) is 58.2 Å². The van der Waals surface area contributed by atoms with E-state index in [0.29, 0.717) is 6.54 Å². The van der Waals surface area contributed by atoms with Crippen molar-refractivity contribution >= 4 is 10.0 Å². The maximum absolute atomic E-state index is 11.7. The van der Waals surface area contributed by atoms with Crippen LogP contribution in [0.1, 0.15) is 18.9 Å². The van der Waals surface area contributed by atoms with E-state index in [9.17, 15) is 8.42 Å². The maximum atomic E-state index is 11.7. The first-order chi connectivity index (χ1) is 8.53. The largest absolute Gasteiger partial charge is 0.319 e. The molecule has 0 aliphatic heterocycles. The predicted molar refractivity (Wildman–Crippen MR) is 75.1 cm³/mol. The van der Waals surface area contributed by atoms with Gasteiger partial charge >= 0.3 is 0 Å². The third-order valence-corrected chi connectivity index (χ3v) is 4.21. The number of hydrogen-bond donors (Lipinski definition) is 2. The first-order valence-electron chi connectivity index (χ1n) is 6.22. The number of hydrogen-bond acceptors (Lipinski definition) is 3. The van der Waals surface area contributed by atoms with Crippen LogP contribution in [-0.2, 0) is 16.4 Å². The van der Waals surface area contributed by atoms with E-state index in [1.807, 2.05) is 25.1 Å². The Balaban J connectivity index is 2.35. The summed E-state index contributed by atoms with van der Waals surface area (Å²) in [7, 11) is -1.42. The summed E-state index contributed by atoms with van der Waals surface area (Å²) >= 11 is 0. The summed E-state index contributed by atoms with van der Waals surface area (Å²) in [4.78, 5) is 0. The Bertz CT molecular complexity index is 432. The van der Waals surface area contributed by atoms with Gasteiger partial charge in [0.1, 0.15) is 0 Å². The predicted octanol–water partition coefficient (Wildman–Crippen LogP) is 1.15. The molecule has 1 rings (SSSR count). The molecule has 5 heteroatoms. The van der Waals surface area contributed by atoms with E-state index in [-0.39, 0.29) is 11.8 Å². The molecule has 18 heavy (non-hydrogen) atoms. The van der Waals surface area contributed by atoms with Crippen molar-refractivity contribution < 1.29 is 8.42 Å². The van der Waals surface area contributed by atoms with Crippen LogP contribution in [0.4, 0.5) is 0 Å². The van der Waals surface area contributed by atoms with Gasteiger partial charge in [-0.1, -0.05) is 30.3 Å². The van der Waals surface area contributed by atoms with Crippen molar-refractivity contribution in [2.75, 3.05) is 19.3 Å². The SMILES string of the molecule is CNCCS(=O)(=O)NC(C)CCc1ccccc1. The second kappa shape index (κ2) is 7.51. The molecule has 1 aromatic rings. The van der Waals surface area contributed by atoms with E-state index in [4.69, 9.17) is 0 Å². The van der Waals surface area contributed by atoms with Gasteiger partial charge in [-0.05, 0) is 32.4 Å². The standard InChI is InChI=1S/C13H22N2O2S/c1-12(15-18(16,17)11-10-14-2)8-9-13-6-4-3-5-7-13/h3-7,12,14-15H,8-11H2,1-2H3. The molecule has 0 aromatic heterocycles. The van der Waals surface area contributed by atoms with Crippen LogP contribution in [0, 0.1) is 0 Å². The first-order valence-corrected chi connectivity index (χ1v) is 7.87. The third kappa shape index (κ3) is 6.14. The highest BCUT2D eigenvalue weighted by Crippen LogP contribution is 2.05. The monoisotopic (exact) mass is 270 g/mol. The molecule has 0 aliphatic rings. The Morgan fingerprint density at radius 1 is 1.22 bits per heavy atom. The third-order valence-electron chi connectivity index (χ3n) is 2.71. The molecule has 1 atom stereocenters. The summed E-state index contributed by atoms with van der Waals surface area (Å²) < 4.78 is 26.0. The minimum Gasteiger partial charge on any atom is -0.319 e. The molecule has 0 saturated carbocycles. The summed E-state index contributed by atoms with van der Waals surface area (Å²) in [5.74, 6) is 0.124. The summed E-state index contributed by atoms with van der Waals surface area (Å²) in [5, 5.41) is 2.84. The second-order valence-corrected chi connectivity index (χ2v) is 6.34. The molecule has 102 valence electrons. The van der Waals surface area contributed by atoms with E-state index >= 15 is 0 Å². The molecule has 1 aromatic carbocycles. The van der Waals surface area contributed by atoms with Gasteiger partial charge in [-0.25, -0.2) is 13.1 Å². The first kappa shape index (κ1) is 15.1. The molecule has 0 amide bonds. The van der Waals surface area contributed by atoms with Crippen LogP contribution in [-0.4, -0.2) is 33.8 Å². The summed E-state index contributed by atoms with van der Waals surface area (Å²) in [6, 6.07) is 10.1. The van der Waals surface area contributed by atoms with E-state index in [0.717, 1.165) is 12.8 Å². The highest BCUT2D eigenvalue weighted by atomic mass is 32.2. The molecular weight excluding hydrogens is 248 g/mol. The molecule has 0 heterocycles. The minimum absolute atomic E-state index is 0.0351. The molecule has 0 fully saturated rings. The molecular formula is C13H22N2O2S. The van der Waals surface area contributed by atoms with Crippen LogP contribution in [0.15, 0.2) is 30.3 Å². The van der Waals surface area contributed by atoms with Gasteiger partial charge in [-0.2, -0.15) is 0 Å². The fourth-order valence-electron chi connectivity index (χ4n) is 1.69. The van der Waals surface area contributed by atoms with Crippen LogP contribution >= 0.6 is 0 Å². The van der Waals surface area contributed by atoms with Gasteiger partial charge in [0.25, 0.3) is 0 Å². The van der Waals surface area contributed by atoms with Crippen molar-refractivity contribution in [2.45, 2.75) is 25.8 Å². The van der Waals surface area contributed by atoms with E-state index in [1.54, 1.807) is 7.05 Å². The average Bonchev–Trinajstić information content (AvgIpc) is 2.35. The lowest BCUT2D eigenvalue weighted by Crippen LogP contribution is -2.37. The fraction of sp³-hybridized carbons (Fsp3) is 0.538. The molecule has 0 spiro atoms. The molecule has 0 aliphatic carbocycles. The van der Waals surface area contributed by atoms with Crippen LogP contribution < -0.4 is 10.0 Å². The molecule has 0 bridgehead atoms. The quantitative estimate of drug-likeness (QED) is 0.745. The van der Waals surface area contributed by atoms with E-state index in [2.05, 4.69) is 22.2 Å². The van der Waals surface area contributed by atoms with Crippen molar-refractivity contribution in [3.8, 4) is 0 Å². The van der Waals surface area contributed by atoms with Gasteiger partial charge in [-0.3, -0.25) is 0 Å². The zero-order valence-corrected chi connectivity index (χ0v) is 11.8. The van der Waals surface area contributed by atoms with Crippen molar-refractivity contribution in [3.05, 3.63) is 35.9 Å².